The highest BCUT2D eigenvalue weighted by molar-refractivity contribution is 9.10. The summed E-state index contributed by atoms with van der Waals surface area (Å²) in [6.07, 6.45) is 0. The molecule has 0 aromatic heterocycles. The molecule has 1 aromatic carbocycles. The fourth-order valence-corrected chi connectivity index (χ4v) is 3.21. The van der Waals surface area contributed by atoms with Gasteiger partial charge >= 0.3 is 0 Å². The Kier molecular flexibility index (Phi) is 4.86. The molecule has 1 rings (SSSR count). The van der Waals surface area contributed by atoms with Gasteiger partial charge in [0, 0.05) is 18.6 Å². The van der Waals surface area contributed by atoms with Crippen LogP contribution in [0.25, 0.3) is 0 Å². The van der Waals surface area contributed by atoms with Crippen LogP contribution in [-0.2, 0) is 20.2 Å². The van der Waals surface area contributed by atoms with E-state index in [1.165, 1.54) is 19.2 Å². The smallest absolute Gasteiger partial charge is 0.206 e. The quantitative estimate of drug-likeness (QED) is 0.727. The van der Waals surface area contributed by atoms with Crippen molar-refractivity contribution in [3.05, 3.63) is 28.7 Å². The molecule has 0 aliphatic heterocycles. The van der Waals surface area contributed by atoms with Crippen LogP contribution in [0.2, 0.25) is 0 Å². The summed E-state index contributed by atoms with van der Waals surface area (Å²) in [7, 11) is -5.52. The van der Waals surface area contributed by atoms with E-state index in [-0.39, 0.29) is 4.90 Å². The molecule has 0 bridgehead atoms. The number of hydrazine groups is 1. The number of nitrogens with one attached hydrogen (secondary N) is 2. The average Bonchev–Trinajstić information content (AvgIpc) is 2.29. The Morgan fingerprint density at radius 2 is 1.61 bits per heavy atom. The summed E-state index contributed by atoms with van der Waals surface area (Å²) in [5.74, 6) is 0. The molecule has 1 aromatic rings. The summed E-state index contributed by atoms with van der Waals surface area (Å²) >= 11 is 3.18. The van der Waals surface area contributed by atoms with Crippen molar-refractivity contribution in [2.45, 2.75) is 4.90 Å². The number of sulfonamides is 1. The number of hydrogen-bond acceptors (Lipinski definition) is 4. The topological polar surface area (TPSA) is 95.6 Å². The normalized spacial score (nSPS) is 12.9. The zero-order chi connectivity index (χ0) is 14.0. The number of rotatable bonds is 5. The molecule has 0 saturated heterocycles. The highest BCUT2D eigenvalue weighted by Gasteiger charge is 2.24. The first-order valence-corrected chi connectivity index (χ1v) is 8.36. The van der Waals surface area contributed by atoms with Gasteiger partial charge in [0.15, 0.2) is 0 Å². The molecule has 0 saturated carbocycles. The zero-order valence-corrected chi connectivity index (χ0v) is 12.8. The van der Waals surface area contributed by atoms with Crippen molar-refractivity contribution in [1.82, 2.24) is 14.0 Å². The number of benzene rings is 1. The molecule has 18 heavy (non-hydrogen) atoms. The standard InChI is InChI=1S/C8H12BrN3O4S2/c1-10-18(15,16)11-12(2)17(13,14)8-5-3-7(9)4-6-8/h3-6,10-11H,1-2H3. The van der Waals surface area contributed by atoms with Crippen molar-refractivity contribution in [3.63, 3.8) is 0 Å². The first-order valence-electron chi connectivity index (χ1n) is 4.64. The molecule has 0 aliphatic rings. The molecule has 102 valence electrons. The van der Waals surface area contributed by atoms with Crippen LogP contribution >= 0.6 is 15.9 Å². The molecule has 0 unspecified atom stereocenters. The number of halogens is 1. The van der Waals surface area contributed by atoms with Gasteiger partial charge in [0.1, 0.15) is 0 Å². The van der Waals surface area contributed by atoms with Crippen molar-refractivity contribution in [2.75, 3.05) is 14.1 Å². The summed E-state index contributed by atoms with van der Waals surface area (Å²) in [5, 5.41) is 0. The van der Waals surface area contributed by atoms with E-state index in [1.807, 2.05) is 9.55 Å². The van der Waals surface area contributed by atoms with Crippen LogP contribution in [0.4, 0.5) is 0 Å². The minimum absolute atomic E-state index is 0.0213. The van der Waals surface area contributed by atoms with Gasteiger partial charge in [-0.1, -0.05) is 15.9 Å². The Hall–Kier alpha value is -0.520. The second kappa shape index (κ2) is 5.63. The SMILES string of the molecule is CNS(=O)(=O)NN(C)S(=O)(=O)c1ccc(Br)cc1. The van der Waals surface area contributed by atoms with Crippen LogP contribution in [0.5, 0.6) is 0 Å². The third-order valence-electron chi connectivity index (χ3n) is 1.99. The Labute approximate surface area is 115 Å². The van der Waals surface area contributed by atoms with Crippen LogP contribution in [0.3, 0.4) is 0 Å². The molecular formula is C8H12BrN3O4S2. The van der Waals surface area contributed by atoms with Crippen molar-refractivity contribution in [3.8, 4) is 0 Å². The van der Waals surface area contributed by atoms with E-state index in [4.69, 9.17) is 0 Å². The Balaban J connectivity index is 3.04. The van der Waals surface area contributed by atoms with Crippen LogP contribution < -0.4 is 9.55 Å². The maximum Gasteiger partial charge on any atom is 0.290 e. The Bertz CT molecular complexity index is 612. The van der Waals surface area contributed by atoms with Crippen LogP contribution in [0.1, 0.15) is 0 Å². The fourth-order valence-electron chi connectivity index (χ4n) is 1.03. The average molecular weight is 358 g/mol. The van der Waals surface area contributed by atoms with Crippen molar-refractivity contribution >= 4 is 36.2 Å². The van der Waals surface area contributed by atoms with Gasteiger partial charge in [-0.05, 0) is 24.3 Å². The Morgan fingerprint density at radius 1 is 1.11 bits per heavy atom. The molecule has 10 heteroatoms. The van der Waals surface area contributed by atoms with Gasteiger partial charge in [-0.25, -0.2) is 13.1 Å². The predicted molar refractivity (Wildman–Crippen MR) is 70.2 cm³/mol. The third-order valence-corrected chi connectivity index (χ3v) is 5.37. The predicted octanol–water partition coefficient (Wildman–Crippen LogP) is 0.0384. The van der Waals surface area contributed by atoms with E-state index in [1.54, 1.807) is 12.1 Å². The lowest BCUT2D eigenvalue weighted by atomic mass is 10.4. The Morgan fingerprint density at radius 3 is 2.06 bits per heavy atom. The molecular weight excluding hydrogens is 346 g/mol. The lowest BCUT2D eigenvalue weighted by Crippen LogP contribution is -2.47. The second-order valence-electron chi connectivity index (χ2n) is 3.23. The van der Waals surface area contributed by atoms with E-state index >= 15 is 0 Å². The minimum Gasteiger partial charge on any atom is -0.206 e. The van der Waals surface area contributed by atoms with Crippen LogP contribution in [0.15, 0.2) is 33.6 Å². The van der Waals surface area contributed by atoms with E-state index in [0.29, 0.717) is 4.41 Å². The lowest BCUT2D eigenvalue weighted by molar-refractivity contribution is 0.429. The summed E-state index contributed by atoms with van der Waals surface area (Å²) in [6.45, 7) is 0. The van der Waals surface area contributed by atoms with Gasteiger partial charge < -0.3 is 0 Å². The molecule has 0 fully saturated rings. The lowest BCUT2D eigenvalue weighted by Gasteiger charge is -2.17. The summed E-state index contributed by atoms with van der Waals surface area (Å²) < 4.78 is 49.6. The molecule has 0 atom stereocenters. The third kappa shape index (κ3) is 3.73. The summed E-state index contributed by atoms with van der Waals surface area (Å²) in [5.41, 5.74) is 0. The van der Waals surface area contributed by atoms with Gasteiger partial charge in [0.2, 0.25) is 0 Å². The summed E-state index contributed by atoms with van der Waals surface area (Å²) in [6, 6.07) is 5.83. The van der Waals surface area contributed by atoms with Crippen molar-refractivity contribution in [2.24, 2.45) is 0 Å². The molecule has 0 aliphatic carbocycles. The van der Waals surface area contributed by atoms with Crippen LogP contribution in [-0.4, -0.2) is 35.3 Å². The molecule has 2 N–H and O–H groups in total. The minimum atomic E-state index is -3.92. The first kappa shape index (κ1) is 15.5. The van der Waals surface area contributed by atoms with Gasteiger partial charge in [-0.15, -0.1) is 9.25 Å². The van der Waals surface area contributed by atoms with Crippen LogP contribution in [0, 0.1) is 0 Å². The van der Waals surface area contributed by atoms with Crippen molar-refractivity contribution < 1.29 is 16.8 Å². The zero-order valence-electron chi connectivity index (χ0n) is 9.58. The largest absolute Gasteiger partial charge is 0.290 e. The number of hydrogen-bond donors (Lipinski definition) is 2. The van der Waals surface area contributed by atoms with Crippen molar-refractivity contribution in [1.29, 1.82) is 0 Å². The molecule has 0 radical (unpaired) electrons. The van der Waals surface area contributed by atoms with E-state index in [9.17, 15) is 16.8 Å². The first-order chi connectivity index (χ1) is 8.19. The van der Waals surface area contributed by atoms with Gasteiger partial charge in [0.05, 0.1) is 4.90 Å². The highest BCUT2D eigenvalue weighted by Crippen LogP contribution is 2.16. The molecule has 7 nitrogen and oxygen atoms in total. The fraction of sp³-hybridized carbons (Fsp3) is 0.250. The van der Waals surface area contributed by atoms with E-state index in [0.717, 1.165) is 11.5 Å². The monoisotopic (exact) mass is 357 g/mol. The summed E-state index contributed by atoms with van der Waals surface area (Å²) in [4.78, 5) is 1.83. The van der Waals surface area contributed by atoms with E-state index < -0.39 is 20.2 Å². The van der Waals surface area contributed by atoms with Gasteiger partial charge in [0.25, 0.3) is 20.2 Å². The molecule has 0 amide bonds. The maximum atomic E-state index is 12.0. The molecule has 0 heterocycles. The van der Waals surface area contributed by atoms with Gasteiger partial charge in [-0.2, -0.15) is 8.42 Å². The van der Waals surface area contributed by atoms with Gasteiger partial charge in [-0.3, -0.25) is 0 Å². The number of nitrogens with zero attached hydrogens (tertiary/aromatic N) is 1. The second-order valence-corrected chi connectivity index (χ2v) is 7.71. The van der Waals surface area contributed by atoms with E-state index in [2.05, 4.69) is 15.9 Å². The molecule has 0 spiro atoms. The maximum absolute atomic E-state index is 12.0. The highest BCUT2D eigenvalue weighted by atomic mass is 79.9.